The van der Waals surface area contributed by atoms with Gasteiger partial charge in [-0.15, -0.1) is 0 Å². The summed E-state index contributed by atoms with van der Waals surface area (Å²) in [6, 6.07) is 0. The summed E-state index contributed by atoms with van der Waals surface area (Å²) in [6.45, 7) is 0. The summed E-state index contributed by atoms with van der Waals surface area (Å²) < 4.78 is 101. The van der Waals surface area contributed by atoms with E-state index in [-0.39, 0.29) is 0 Å². The molecule has 0 atom stereocenters. The van der Waals surface area contributed by atoms with Crippen LogP contribution < -0.4 is 0 Å². The van der Waals surface area contributed by atoms with Crippen molar-refractivity contribution >= 4 is 8.80 Å². The molecule has 0 aliphatic heterocycles. The zero-order valence-electron chi connectivity index (χ0n) is 9.58. The van der Waals surface area contributed by atoms with Gasteiger partial charge in [-0.1, -0.05) is 0 Å². The van der Waals surface area contributed by atoms with E-state index in [9.17, 15) is 30.7 Å². The third-order valence-electron chi connectivity index (χ3n) is 2.07. The predicted octanol–water partition coefficient (Wildman–Crippen LogP) is 2.63. The Bertz CT molecular complexity index is 268. The van der Waals surface area contributed by atoms with Crippen LogP contribution >= 0.6 is 0 Å². The second-order valence-electron chi connectivity index (χ2n) is 3.24. The standard InChI is InChI=1S/C7H11F7O3Si/c1-15-18(16-2,17-3)7(13,14)5(8,9)4-6(10,11)12/h4H2,1-3H3. The van der Waals surface area contributed by atoms with Crippen LogP contribution in [0.5, 0.6) is 0 Å². The first-order valence-electron chi connectivity index (χ1n) is 4.37. The monoisotopic (exact) mass is 304 g/mol. The van der Waals surface area contributed by atoms with Crippen molar-refractivity contribution in [3.63, 3.8) is 0 Å². The van der Waals surface area contributed by atoms with Crippen molar-refractivity contribution in [3.8, 4) is 0 Å². The molecule has 0 radical (unpaired) electrons. The minimum Gasteiger partial charge on any atom is -0.373 e. The number of hydrogen-bond acceptors (Lipinski definition) is 3. The van der Waals surface area contributed by atoms with Crippen molar-refractivity contribution in [3.05, 3.63) is 0 Å². The summed E-state index contributed by atoms with van der Waals surface area (Å²) in [5, 5.41) is 0. The molecule has 0 N–H and O–H groups in total. The lowest BCUT2D eigenvalue weighted by Gasteiger charge is -2.36. The molecule has 0 fully saturated rings. The zero-order chi connectivity index (χ0) is 14.8. The van der Waals surface area contributed by atoms with E-state index >= 15 is 0 Å². The van der Waals surface area contributed by atoms with Gasteiger partial charge in [-0.3, -0.25) is 0 Å². The van der Waals surface area contributed by atoms with Crippen LogP contribution in [0.25, 0.3) is 0 Å². The van der Waals surface area contributed by atoms with E-state index in [1.807, 2.05) is 0 Å². The summed E-state index contributed by atoms with van der Waals surface area (Å²) in [4.78, 5) is 0. The average Bonchev–Trinajstić information content (AvgIpc) is 2.16. The molecular weight excluding hydrogens is 293 g/mol. The lowest BCUT2D eigenvalue weighted by atomic mass is 10.2. The third kappa shape index (κ3) is 3.13. The maximum atomic E-state index is 13.5. The van der Waals surface area contributed by atoms with E-state index in [1.54, 1.807) is 0 Å². The average molecular weight is 304 g/mol. The molecule has 0 heterocycles. The van der Waals surface area contributed by atoms with E-state index in [4.69, 9.17) is 0 Å². The fourth-order valence-electron chi connectivity index (χ4n) is 1.22. The van der Waals surface area contributed by atoms with Crippen LogP contribution in [0.15, 0.2) is 0 Å². The van der Waals surface area contributed by atoms with Crippen molar-refractivity contribution < 1.29 is 44.0 Å². The van der Waals surface area contributed by atoms with E-state index in [0.29, 0.717) is 21.3 Å². The smallest absolute Gasteiger partial charge is 0.373 e. The topological polar surface area (TPSA) is 27.7 Å². The second-order valence-corrected chi connectivity index (χ2v) is 6.20. The van der Waals surface area contributed by atoms with Gasteiger partial charge in [-0.05, 0) is 0 Å². The minimum absolute atomic E-state index is 0.594. The highest BCUT2D eigenvalue weighted by Gasteiger charge is 2.77. The Labute approximate surface area is 99.2 Å². The largest absolute Gasteiger partial charge is 0.581 e. The van der Waals surface area contributed by atoms with Gasteiger partial charge in [-0.2, -0.15) is 30.7 Å². The minimum atomic E-state index is -5.47. The summed E-state index contributed by atoms with van der Waals surface area (Å²) in [5.41, 5.74) is -5.21. The summed E-state index contributed by atoms with van der Waals surface area (Å²) in [6.07, 6.45) is -8.47. The van der Waals surface area contributed by atoms with Crippen LogP contribution in [0.4, 0.5) is 30.7 Å². The lowest BCUT2D eigenvalue weighted by molar-refractivity contribution is -0.253. The van der Waals surface area contributed by atoms with Gasteiger partial charge in [-0.25, -0.2) is 0 Å². The van der Waals surface area contributed by atoms with Gasteiger partial charge in [0, 0.05) is 21.3 Å². The van der Waals surface area contributed by atoms with Crippen LogP contribution in [0.2, 0.25) is 0 Å². The molecule has 0 saturated heterocycles. The molecule has 0 spiro atoms. The van der Waals surface area contributed by atoms with Gasteiger partial charge in [0.1, 0.15) is 6.42 Å². The fraction of sp³-hybridized carbons (Fsp3) is 1.00. The van der Waals surface area contributed by atoms with E-state index in [1.165, 1.54) is 0 Å². The fourth-order valence-corrected chi connectivity index (χ4v) is 3.03. The molecule has 110 valence electrons. The van der Waals surface area contributed by atoms with Crippen LogP contribution in [-0.2, 0) is 13.3 Å². The highest BCUT2D eigenvalue weighted by Crippen LogP contribution is 2.47. The normalized spacial score (nSPS) is 15.0. The molecular formula is C7H11F7O3Si. The molecule has 3 nitrogen and oxygen atoms in total. The molecule has 0 rings (SSSR count). The third-order valence-corrected chi connectivity index (χ3v) is 4.82. The Hall–Kier alpha value is -0.393. The Morgan fingerprint density at radius 2 is 1.11 bits per heavy atom. The first kappa shape index (κ1) is 17.6. The molecule has 0 amide bonds. The predicted molar refractivity (Wildman–Crippen MR) is 47.3 cm³/mol. The SMILES string of the molecule is CO[Si](OC)(OC)C(F)(F)C(F)(F)CC(F)(F)F. The Morgan fingerprint density at radius 1 is 0.778 bits per heavy atom. The van der Waals surface area contributed by atoms with Gasteiger partial charge in [0.05, 0.1) is 0 Å². The Kier molecular flexibility index (Phi) is 5.19. The van der Waals surface area contributed by atoms with Gasteiger partial charge in [0.2, 0.25) is 0 Å². The van der Waals surface area contributed by atoms with Crippen LogP contribution in [0.3, 0.4) is 0 Å². The van der Waals surface area contributed by atoms with E-state index in [0.717, 1.165) is 0 Å². The van der Waals surface area contributed by atoms with Crippen molar-refractivity contribution in [2.75, 3.05) is 21.3 Å². The molecule has 0 saturated carbocycles. The zero-order valence-corrected chi connectivity index (χ0v) is 10.6. The van der Waals surface area contributed by atoms with E-state index < -0.39 is 32.9 Å². The molecule has 11 heteroatoms. The first-order chi connectivity index (χ1) is 7.89. The van der Waals surface area contributed by atoms with E-state index in [2.05, 4.69) is 13.3 Å². The number of rotatable bonds is 6. The molecule has 0 bridgehead atoms. The Morgan fingerprint density at radius 3 is 1.33 bits per heavy atom. The molecule has 0 aromatic rings. The maximum absolute atomic E-state index is 13.5. The number of halogens is 7. The summed E-state index contributed by atoms with van der Waals surface area (Å²) >= 11 is 0. The molecule has 0 aliphatic rings. The van der Waals surface area contributed by atoms with Gasteiger partial charge in [0.25, 0.3) is 0 Å². The summed E-state index contributed by atoms with van der Waals surface area (Å²) in [7, 11) is -3.48. The molecule has 18 heavy (non-hydrogen) atoms. The lowest BCUT2D eigenvalue weighted by Crippen LogP contribution is -2.67. The van der Waals surface area contributed by atoms with Gasteiger partial charge < -0.3 is 13.3 Å². The molecule has 0 aromatic carbocycles. The van der Waals surface area contributed by atoms with Gasteiger partial charge in [0.15, 0.2) is 0 Å². The molecule has 0 aromatic heterocycles. The Balaban J connectivity index is 5.45. The second kappa shape index (κ2) is 5.31. The number of hydrogen-bond donors (Lipinski definition) is 0. The molecule has 0 aliphatic carbocycles. The highest BCUT2D eigenvalue weighted by atomic mass is 28.4. The van der Waals surface area contributed by atoms with Crippen LogP contribution in [0, 0.1) is 0 Å². The summed E-state index contributed by atoms with van der Waals surface area (Å²) in [5.74, 6) is -5.40. The van der Waals surface area contributed by atoms with Crippen molar-refractivity contribution in [1.29, 1.82) is 0 Å². The van der Waals surface area contributed by atoms with Crippen LogP contribution in [-0.4, -0.2) is 47.8 Å². The van der Waals surface area contributed by atoms with Crippen molar-refractivity contribution in [1.82, 2.24) is 0 Å². The van der Waals surface area contributed by atoms with Crippen molar-refractivity contribution in [2.45, 2.75) is 24.1 Å². The first-order valence-corrected chi connectivity index (χ1v) is 6.09. The van der Waals surface area contributed by atoms with Crippen molar-refractivity contribution in [2.24, 2.45) is 0 Å². The maximum Gasteiger partial charge on any atom is 0.581 e. The molecule has 0 unspecified atom stereocenters. The number of alkyl halides is 7. The highest BCUT2D eigenvalue weighted by molar-refractivity contribution is 6.63. The quantitative estimate of drug-likeness (QED) is 0.558. The van der Waals surface area contributed by atoms with Gasteiger partial charge >= 0.3 is 26.4 Å². The van der Waals surface area contributed by atoms with Crippen LogP contribution in [0.1, 0.15) is 6.42 Å².